The van der Waals surface area contributed by atoms with Gasteiger partial charge in [0, 0.05) is 5.41 Å². The maximum Gasteiger partial charge on any atom is 0.312 e. The highest BCUT2D eigenvalue weighted by atomic mass is 32.1. The number of hydrogen-bond donors (Lipinski definition) is 0. The minimum absolute atomic E-state index is 0.0873. The number of unbranched alkanes of at least 4 members (excludes halogenated alkanes) is 26. The third-order valence-corrected chi connectivity index (χ3v) is 9.66. The van der Waals surface area contributed by atoms with Crippen molar-refractivity contribution in [2.45, 2.75) is 213 Å². The van der Waals surface area contributed by atoms with Crippen molar-refractivity contribution in [3.63, 3.8) is 0 Å². The van der Waals surface area contributed by atoms with Gasteiger partial charge in [-0.25, -0.2) is 0 Å². The van der Waals surface area contributed by atoms with E-state index in [0.29, 0.717) is 11.5 Å². The maximum atomic E-state index is 12.1. The molecule has 1 rings (SSSR count). The van der Waals surface area contributed by atoms with E-state index in [4.69, 9.17) is 17.0 Å². The monoisotopic (exact) mass is 564 g/mol. The van der Waals surface area contributed by atoms with Gasteiger partial charge in [-0.3, -0.25) is 4.79 Å². The highest BCUT2D eigenvalue weighted by molar-refractivity contribution is 7.80. The molecule has 1 aliphatic rings. The van der Waals surface area contributed by atoms with Crippen LogP contribution in [0.5, 0.6) is 0 Å². The molecule has 0 aromatic heterocycles. The second-order valence-corrected chi connectivity index (χ2v) is 13.3. The van der Waals surface area contributed by atoms with Crippen molar-refractivity contribution in [2.75, 3.05) is 0 Å². The van der Waals surface area contributed by atoms with Gasteiger partial charge in [0.2, 0.25) is 0 Å². The summed E-state index contributed by atoms with van der Waals surface area (Å²) in [5.41, 5.74) is -0.138. The van der Waals surface area contributed by atoms with Crippen LogP contribution in [-0.2, 0) is 9.53 Å². The third kappa shape index (κ3) is 20.1. The second kappa shape index (κ2) is 26.5. The van der Waals surface area contributed by atoms with E-state index in [1.165, 1.54) is 180 Å². The van der Waals surface area contributed by atoms with Crippen LogP contribution in [0.1, 0.15) is 213 Å². The fraction of sp³-hybridized carbons (Fsp3) is 0.944. The summed E-state index contributed by atoms with van der Waals surface area (Å²) in [6.45, 7) is 4.58. The quantitative estimate of drug-likeness (QED) is 0.0493. The fourth-order valence-corrected chi connectivity index (χ4v) is 6.79. The molecule has 0 N–H and O–H groups in total. The minimum Gasteiger partial charge on any atom is -0.419 e. The van der Waals surface area contributed by atoms with Crippen LogP contribution in [0.4, 0.5) is 0 Å². The molecule has 0 bridgehead atoms. The van der Waals surface area contributed by atoms with Crippen molar-refractivity contribution >= 4 is 23.2 Å². The van der Waals surface area contributed by atoms with Gasteiger partial charge in [0.15, 0.2) is 5.05 Å². The van der Waals surface area contributed by atoms with Crippen LogP contribution in [0.2, 0.25) is 0 Å². The average molecular weight is 565 g/mol. The van der Waals surface area contributed by atoms with Gasteiger partial charge in [0.25, 0.3) is 0 Å². The molecule has 1 fully saturated rings. The van der Waals surface area contributed by atoms with E-state index in [0.717, 1.165) is 12.8 Å². The zero-order valence-electron chi connectivity index (χ0n) is 26.6. The summed E-state index contributed by atoms with van der Waals surface area (Å²) in [5.74, 6) is -0.0873. The number of rotatable bonds is 30. The SMILES string of the molecule is CCCCCCCCCCCCCCCCC1(CCCCCCCCCCCCCCCC)CC(=O)OC1=S. The normalized spacial score (nSPS) is 14.8. The van der Waals surface area contributed by atoms with E-state index in [-0.39, 0.29) is 11.4 Å². The molecule has 1 heterocycles. The molecular formula is C36H68O2S. The summed E-state index contributed by atoms with van der Waals surface area (Å²) >= 11 is 5.59. The molecule has 1 saturated heterocycles. The van der Waals surface area contributed by atoms with Crippen molar-refractivity contribution in [1.29, 1.82) is 0 Å². The van der Waals surface area contributed by atoms with Gasteiger partial charge >= 0.3 is 5.97 Å². The Bertz CT molecular complexity index is 540. The molecular weight excluding hydrogens is 496 g/mol. The Kier molecular flexibility index (Phi) is 24.8. The lowest BCUT2D eigenvalue weighted by Crippen LogP contribution is -2.25. The lowest BCUT2D eigenvalue weighted by atomic mass is 9.77. The fourth-order valence-electron chi connectivity index (χ4n) is 6.42. The molecule has 0 aliphatic carbocycles. The molecule has 0 saturated carbocycles. The van der Waals surface area contributed by atoms with Gasteiger partial charge in [0.1, 0.15) is 0 Å². The molecule has 230 valence electrons. The predicted octanol–water partition coefficient (Wildman–Crippen LogP) is 13.0. The summed E-state index contributed by atoms with van der Waals surface area (Å²) in [5, 5.41) is 0.608. The molecule has 0 spiro atoms. The van der Waals surface area contributed by atoms with Crippen molar-refractivity contribution in [3.05, 3.63) is 0 Å². The molecule has 1 aliphatic heterocycles. The zero-order chi connectivity index (χ0) is 28.3. The van der Waals surface area contributed by atoms with Crippen LogP contribution in [0, 0.1) is 5.41 Å². The smallest absolute Gasteiger partial charge is 0.312 e. The Hall–Kier alpha value is -0.440. The van der Waals surface area contributed by atoms with Gasteiger partial charge in [-0.05, 0) is 25.1 Å². The maximum absolute atomic E-state index is 12.1. The molecule has 2 nitrogen and oxygen atoms in total. The van der Waals surface area contributed by atoms with Crippen LogP contribution in [0.25, 0.3) is 0 Å². The summed E-state index contributed by atoms with van der Waals surface area (Å²) in [6.07, 6.45) is 41.2. The molecule has 39 heavy (non-hydrogen) atoms. The number of hydrogen-bond acceptors (Lipinski definition) is 3. The number of esters is 1. The van der Waals surface area contributed by atoms with Gasteiger partial charge in [-0.2, -0.15) is 0 Å². The number of carbonyl (C=O) groups excluding carboxylic acids is 1. The Morgan fingerprint density at radius 1 is 0.487 bits per heavy atom. The largest absolute Gasteiger partial charge is 0.419 e. The molecule has 0 aromatic rings. The second-order valence-electron chi connectivity index (χ2n) is 12.9. The van der Waals surface area contributed by atoms with E-state index in [1.54, 1.807) is 0 Å². The van der Waals surface area contributed by atoms with E-state index in [2.05, 4.69) is 13.8 Å². The van der Waals surface area contributed by atoms with E-state index in [9.17, 15) is 4.79 Å². The Labute approximate surface area is 250 Å². The first kappa shape index (κ1) is 36.6. The molecule has 3 heteroatoms. The number of cyclic esters (lactones) is 1. The molecule has 0 aromatic carbocycles. The average Bonchev–Trinajstić information content (AvgIpc) is 3.21. The summed E-state index contributed by atoms with van der Waals surface area (Å²) in [7, 11) is 0. The van der Waals surface area contributed by atoms with Crippen LogP contribution < -0.4 is 0 Å². The van der Waals surface area contributed by atoms with Gasteiger partial charge in [-0.15, -0.1) is 0 Å². The van der Waals surface area contributed by atoms with Crippen LogP contribution in [0.3, 0.4) is 0 Å². The standard InChI is InChI=1S/C36H68O2S/c1-3-5-7-9-11-13-15-17-19-21-23-25-27-29-31-36(33-34(37)38-35(36)39)32-30-28-26-24-22-20-18-16-14-12-10-8-6-4-2/h3-33H2,1-2H3. The number of ether oxygens (including phenoxy) is 1. The van der Waals surface area contributed by atoms with Crippen LogP contribution >= 0.6 is 12.2 Å². The number of carbonyl (C=O) groups is 1. The molecule has 0 radical (unpaired) electrons. The lowest BCUT2D eigenvalue weighted by molar-refractivity contribution is -0.133. The van der Waals surface area contributed by atoms with Gasteiger partial charge in [-0.1, -0.05) is 194 Å². The van der Waals surface area contributed by atoms with Crippen molar-refractivity contribution < 1.29 is 9.53 Å². The summed E-state index contributed by atoms with van der Waals surface area (Å²) < 4.78 is 5.41. The van der Waals surface area contributed by atoms with E-state index >= 15 is 0 Å². The van der Waals surface area contributed by atoms with Crippen molar-refractivity contribution in [1.82, 2.24) is 0 Å². The van der Waals surface area contributed by atoms with E-state index < -0.39 is 0 Å². The first-order chi connectivity index (χ1) is 19.1. The summed E-state index contributed by atoms with van der Waals surface area (Å²) in [6, 6.07) is 0. The Morgan fingerprint density at radius 2 is 0.744 bits per heavy atom. The lowest BCUT2D eigenvalue weighted by Gasteiger charge is -2.26. The first-order valence-corrected chi connectivity index (χ1v) is 18.3. The van der Waals surface area contributed by atoms with Crippen molar-refractivity contribution in [2.24, 2.45) is 5.41 Å². The van der Waals surface area contributed by atoms with Crippen LogP contribution in [-0.4, -0.2) is 11.0 Å². The topological polar surface area (TPSA) is 26.3 Å². The van der Waals surface area contributed by atoms with Crippen LogP contribution in [0.15, 0.2) is 0 Å². The third-order valence-electron chi connectivity index (χ3n) is 9.14. The Balaban J connectivity index is 2.02. The highest BCUT2D eigenvalue weighted by Crippen LogP contribution is 2.42. The zero-order valence-corrected chi connectivity index (χ0v) is 27.5. The minimum atomic E-state index is -0.138. The highest BCUT2D eigenvalue weighted by Gasteiger charge is 2.44. The number of thiocarbonyl (C=S) groups is 1. The molecule has 0 unspecified atom stereocenters. The van der Waals surface area contributed by atoms with Gasteiger partial charge in [0.05, 0.1) is 6.42 Å². The van der Waals surface area contributed by atoms with E-state index in [1.807, 2.05) is 0 Å². The molecule has 0 atom stereocenters. The first-order valence-electron chi connectivity index (χ1n) is 17.9. The molecule has 0 amide bonds. The Morgan fingerprint density at radius 3 is 0.974 bits per heavy atom. The van der Waals surface area contributed by atoms with Crippen molar-refractivity contribution in [3.8, 4) is 0 Å². The van der Waals surface area contributed by atoms with Gasteiger partial charge < -0.3 is 4.74 Å². The summed E-state index contributed by atoms with van der Waals surface area (Å²) in [4.78, 5) is 12.1. The predicted molar refractivity (Wildman–Crippen MR) is 176 cm³/mol.